The van der Waals surface area contributed by atoms with Crippen LogP contribution in [-0.2, 0) is 25.8 Å². The van der Waals surface area contributed by atoms with E-state index in [2.05, 4.69) is 4.29 Å². The van der Waals surface area contributed by atoms with Crippen molar-refractivity contribution in [3.05, 3.63) is 58.7 Å². The fourth-order valence-electron chi connectivity index (χ4n) is 3.22. The Morgan fingerprint density at radius 3 is 2.52 bits per heavy atom. The maximum absolute atomic E-state index is 11.0. The van der Waals surface area contributed by atoms with Gasteiger partial charge < -0.3 is 10.0 Å². The van der Waals surface area contributed by atoms with Crippen LogP contribution in [0.3, 0.4) is 0 Å². The van der Waals surface area contributed by atoms with Gasteiger partial charge >= 0.3 is 0 Å². The summed E-state index contributed by atoms with van der Waals surface area (Å²) in [5.74, 6) is 0.349. The monoisotopic (exact) mass is 365 g/mol. The topological polar surface area (TPSA) is 102 Å². The van der Waals surface area contributed by atoms with E-state index in [0.29, 0.717) is 13.0 Å². The summed E-state index contributed by atoms with van der Waals surface area (Å²) < 4.78 is 37.6. The number of phenolic OH excluding ortho intramolecular Hbond substituents is 1. The Morgan fingerprint density at radius 1 is 1.00 bits per heavy atom. The fourth-order valence-corrected chi connectivity index (χ4v) is 3.57. The maximum Gasteiger partial charge on any atom is 0.293 e. The molecule has 0 aliphatic carbocycles. The number of benzene rings is 2. The van der Waals surface area contributed by atoms with Crippen LogP contribution in [0.15, 0.2) is 36.4 Å². The summed E-state index contributed by atoms with van der Waals surface area (Å²) in [7, 11) is -2.60. The molecule has 0 atom stereocenters. The first-order valence-corrected chi connectivity index (χ1v) is 9.26. The largest absolute Gasteiger partial charge is 0.508 e. The van der Waals surface area contributed by atoms with Crippen LogP contribution in [-0.4, -0.2) is 23.6 Å². The number of fused-ring (bicyclic) bond motifs is 2. The average molecular weight is 366 g/mol. The van der Waals surface area contributed by atoms with Gasteiger partial charge in [-0.05, 0) is 61.2 Å². The molecule has 134 valence electrons. The second-order valence-corrected chi connectivity index (χ2v) is 7.20. The lowest BCUT2D eigenvalue weighted by Crippen LogP contribution is -2.63. The van der Waals surface area contributed by atoms with Crippen LogP contribution in [0.1, 0.15) is 22.3 Å². The van der Waals surface area contributed by atoms with E-state index < -0.39 is 10.2 Å². The van der Waals surface area contributed by atoms with Crippen molar-refractivity contribution in [2.45, 2.75) is 25.8 Å². The fraction of sp³-hybridized carbons (Fsp3) is 0.333. The van der Waals surface area contributed by atoms with Gasteiger partial charge in [-0.2, -0.15) is 14.0 Å². The van der Waals surface area contributed by atoms with Crippen molar-refractivity contribution >= 4 is 0 Å². The van der Waals surface area contributed by atoms with Gasteiger partial charge in [0.2, 0.25) is 0 Å². The Hall–Kier alpha value is -1.83. The molecule has 2 aromatic rings. The molecule has 1 heterocycles. The highest BCUT2D eigenvalue weighted by Gasteiger charge is 2.25. The summed E-state index contributed by atoms with van der Waals surface area (Å²) in [4.78, 5) is 2.04. The summed E-state index contributed by atoms with van der Waals surface area (Å²) in [6.45, 7) is 1.21. The number of hydrogen-bond acceptors (Lipinski definition) is 6. The zero-order valence-electron chi connectivity index (χ0n) is 13.9. The van der Waals surface area contributed by atoms with Crippen LogP contribution < -0.4 is 18.3 Å². The van der Waals surface area contributed by atoms with E-state index in [1.807, 2.05) is 24.1 Å². The molecule has 0 bridgehead atoms. The summed E-state index contributed by atoms with van der Waals surface area (Å²) in [5.41, 5.74) is 3.94. The van der Waals surface area contributed by atoms with Gasteiger partial charge in [0.1, 0.15) is 16.0 Å². The van der Waals surface area contributed by atoms with Crippen LogP contribution in [0, 0.1) is 10.2 Å². The number of hydrogen-bond donors (Lipinski definition) is 1. The molecule has 0 aromatic heterocycles. The number of phenols is 1. The van der Waals surface area contributed by atoms with E-state index in [4.69, 9.17) is 0 Å². The van der Waals surface area contributed by atoms with Crippen LogP contribution in [0.2, 0.25) is 0 Å². The molecule has 7 heteroatoms. The minimum absolute atomic E-state index is 0.0903. The normalized spacial score (nSPS) is 16.0. The third kappa shape index (κ3) is 4.62. The number of nitrogens with zero attached hydrogens (tertiary/aromatic N) is 1. The lowest BCUT2D eigenvalue weighted by atomic mass is 9.94. The van der Waals surface area contributed by atoms with E-state index >= 15 is 0 Å². The minimum Gasteiger partial charge on any atom is -0.508 e. The van der Waals surface area contributed by atoms with Crippen molar-refractivity contribution in [1.82, 2.24) is 4.90 Å². The smallest absolute Gasteiger partial charge is 0.293 e. The predicted octanol–water partition coefficient (Wildman–Crippen LogP) is -0.559. The highest BCUT2D eigenvalue weighted by atomic mass is 35.7. The van der Waals surface area contributed by atoms with Gasteiger partial charge in [0, 0.05) is 18.7 Å². The molecule has 1 aliphatic rings. The van der Waals surface area contributed by atoms with Crippen LogP contribution >= 0.6 is 0 Å². The molecular formula is C18H20ClNO5. The van der Waals surface area contributed by atoms with Gasteiger partial charge in [0.15, 0.2) is 0 Å². The molecule has 0 fully saturated rings. The van der Waals surface area contributed by atoms with Gasteiger partial charge in [-0.15, -0.1) is 0 Å². The van der Waals surface area contributed by atoms with E-state index in [-0.39, 0.29) is 11.5 Å². The standard InChI is InChI=1S/C18H20ClNO5/c1-20-10-9-15-11-16(21)8-7-13(15)5-6-14-3-2-4-18(17(14)12-20)25-19(22,23)24/h2-4,7-8,11,21H,5-6,9-10,12H2,1H3. The zero-order chi connectivity index (χ0) is 18.0. The maximum atomic E-state index is 11.0. The first-order valence-electron chi connectivity index (χ1n) is 8.02. The highest BCUT2D eigenvalue weighted by Crippen LogP contribution is 2.28. The molecule has 1 N–H and O–H groups in total. The number of aryl methyl sites for hydroxylation is 2. The van der Waals surface area contributed by atoms with Gasteiger partial charge in [-0.3, -0.25) is 0 Å². The SMILES string of the molecule is CN1CCc2cc(O)ccc2CCc2cccc(O[Cl+3]([O-])([O-])[O-])c2C1. The molecule has 0 amide bonds. The molecule has 1 aliphatic heterocycles. The molecule has 0 unspecified atom stereocenters. The first kappa shape index (κ1) is 18.0. The zero-order valence-corrected chi connectivity index (χ0v) is 14.7. The Bertz CT molecular complexity index is 760. The molecule has 25 heavy (non-hydrogen) atoms. The second-order valence-electron chi connectivity index (χ2n) is 6.29. The summed E-state index contributed by atoms with van der Waals surface area (Å²) in [5, 5.41) is 9.73. The molecule has 2 aromatic carbocycles. The quantitative estimate of drug-likeness (QED) is 0.765. The summed E-state index contributed by atoms with van der Waals surface area (Å²) >= 11 is 0. The first-order chi connectivity index (χ1) is 11.8. The third-order valence-electron chi connectivity index (χ3n) is 4.45. The van der Waals surface area contributed by atoms with E-state index in [1.54, 1.807) is 18.2 Å². The van der Waals surface area contributed by atoms with Crippen molar-refractivity contribution in [3.63, 3.8) is 0 Å². The van der Waals surface area contributed by atoms with Crippen LogP contribution in [0.4, 0.5) is 0 Å². The van der Waals surface area contributed by atoms with Crippen LogP contribution in [0.25, 0.3) is 0 Å². The number of likely N-dealkylation sites (N-methyl/N-ethyl adjacent to an activating group) is 1. The minimum atomic E-state index is -4.53. The van der Waals surface area contributed by atoms with E-state index in [9.17, 15) is 19.1 Å². The van der Waals surface area contributed by atoms with E-state index in [0.717, 1.165) is 41.6 Å². The lowest BCUT2D eigenvalue weighted by Gasteiger charge is -2.23. The van der Waals surface area contributed by atoms with Crippen molar-refractivity contribution < 1.29 is 33.6 Å². The van der Waals surface area contributed by atoms with Gasteiger partial charge in [0.05, 0.1) is 0 Å². The third-order valence-corrected chi connectivity index (χ3v) is 4.81. The average Bonchev–Trinajstić information content (AvgIpc) is 2.52. The molecule has 0 spiro atoms. The van der Waals surface area contributed by atoms with Gasteiger partial charge in [-0.25, -0.2) is 0 Å². The molecule has 3 rings (SSSR count). The molecular weight excluding hydrogens is 346 g/mol. The van der Waals surface area contributed by atoms with Crippen LogP contribution in [0.5, 0.6) is 11.5 Å². The Balaban J connectivity index is 1.97. The molecule has 0 saturated heterocycles. The Kier molecular flexibility index (Phi) is 5.17. The second kappa shape index (κ2) is 7.19. The lowest BCUT2D eigenvalue weighted by molar-refractivity contribution is -1.91. The summed E-state index contributed by atoms with van der Waals surface area (Å²) in [6, 6.07) is 10.5. The van der Waals surface area contributed by atoms with E-state index in [1.165, 1.54) is 6.07 Å². The molecule has 0 radical (unpaired) electrons. The van der Waals surface area contributed by atoms with Gasteiger partial charge in [0.25, 0.3) is 5.75 Å². The predicted molar refractivity (Wildman–Crippen MR) is 82.6 cm³/mol. The number of aromatic hydroxyl groups is 1. The highest BCUT2D eigenvalue weighted by molar-refractivity contribution is 5.42. The van der Waals surface area contributed by atoms with Crippen molar-refractivity contribution in [2.75, 3.05) is 13.6 Å². The number of halogens is 1. The van der Waals surface area contributed by atoms with Gasteiger partial charge in [-0.1, -0.05) is 22.5 Å². The summed E-state index contributed by atoms with van der Waals surface area (Å²) in [6.07, 6.45) is 2.22. The Morgan fingerprint density at radius 2 is 1.76 bits per heavy atom. The Labute approximate surface area is 148 Å². The van der Waals surface area contributed by atoms with Crippen molar-refractivity contribution in [2.24, 2.45) is 0 Å². The number of rotatable bonds is 2. The van der Waals surface area contributed by atoms with Crippen molar-refractivity contribution in [1.29, 1.82) is 0 Å². The van der Waals surface area contributed by atoms with Crippen molar-refractivity contribution in [3.8, 4) is 11.5 Å². The molecule has 6 nitrogen and oxygen atoms in total. The molecule has 0 saturated carbocycles.